The zero-order chi connectivity index (χ0) is 13.5. The van der Waals surface area contributed by atoms with E-state index in [0.29, 0.717) is 6.54 Å². The summed E-state index contributed by atoms with van der Waals surface area (Å²) in [5.41, 5.74) is 6.57. The standard InChI is InChI=1S/C13H20BrFN2O/c1-9(3-2-6-18)17-13(8-16)11-7-10(15)4-5-12(11)14/h4-5,7,9,13,17-18H,2-3,6,8,16H2,1H3. The molecule has 0 aliphatic rings. The molecule has 4 N–H and O–H groups in total. The molecule has 0 radical (unpaired) electrons. The number of aliphatic hydroxyl groups is 1. The van der Waals surface area contributed by atoms with Crippen molar-refractivity contribution in [1.29, 1.82) is 0 Å². The van der Waals surface area contributed by atoms with Gasteiger partial charge >= 0.3 is 0 Å². The Balaban J connectivity index is 2.73. The van der Waals surface area contributed by atoms with Crippen LogP contribution >= 0.6 is 15.9 Å². The van der Waals surface area contributed by atoms with Crippen LogP contribution in [0.2, 0.25) is 0 Å². The second kappa shape index (κ2) is 7.84. The minimum atomic E-state index is -0.267. The van der Waals surface area contributed by atoms with Gasteiger partial charge in [0.1, 0.15) is 5.82 Å². The maximum absolute atomic E-state index is 13.3. The van der Waals surface area contributed by atoms with Gasteiger partial charge in [-0.05, 0) is 43.5 Å². The Hall–Kier alpha value is -0.490. The lowest BCUT2D eigenvalue weighted by Crippen LogP contribution is -2.35. The van der Waals surface area contributed by atoms with Crippen molar-refractivity contribution in [1.82, 2.24) is 5.32 Å². The minimum Gasteiger partial charge on any atom is -0.396 e. The van der Waals surface area contributed by atoms with Gasteiger partial charge in [0.25, 0.3) is 0 Å². The third kappa shape index (κ3) is 4.65. The highest BCUT2D eigenvalue weighted by molar-refractivity contribution is 9.10. The molecule has 0 aliphatic carbocycles. The van der Waals surface area contributed by atoms with Gasteiger partial charge in [-0.15, -0.1) is 0 Å². The van der Waals surface area contributed by atoms with Crippen LogP contribution in [0.5, 0.6) is 0 Å². The molecule has 0 spiro atoms. The fourth-order valence-electron chi connectivity index (χ4n) is 1.89. The molecule has 0 bridgehead atoms. The Morgan fingerprint density at radius 1 is 1.50 bits per heavy atom. The smallest absolute Gasteiger partial charge is 0.123 e. The number of nitrogens with two attached hydrogens (primary N) is 1. The van der Waals surface area contributed by atoms with Crippen molar-refractivity contribution in [2.24, 2.45) is 5.73 Å². The Labute approximate surface area is 116 Å². The molecule has 2 atom stereocenters. The van der Waals surface area contributed by atoms with Gasteiger partial charge in [0, 0.05) is 29.7 Å². The molecule has 2 unspecified atom stereocenters. The summed E-state index contributed by atoms with van der Waals surface area (Å²) in [5, 5.41) is 12.1. The van der Waals surface area contributed by atoms with E-state index in [9.17, 15) is 4.39 Å². The van der Waals surface area contributed by atoms with E-state index in [1.165, 1.54) is 12.1 Å². The second-order valence-corrected chi connectivity index (χ2v) is 5.24. The van der Waals surface area contributed by atoms with Gasteiger partial charge in [-0.25, -0.2) is 4.39 Å². The molecule has 0 saturated heterocycles. The Kier molecular flexibility index (Phi) is 6.78. The highest BCUT2D eigenvalue weighted by atomic mass is 79.9. The quantitative estimate of drug-likeness (QED) is 0.723. The van der Waals surface area contributed by atoms with Crippen LogP contribution < -0.4 is 11.1 Å². The SMILES string of the molecule is CC(CCCO)NC(CN)c1cc(F)ccc1Br. The molecule has 0 amide bonds. The fraction of sp³-hybridized carbons (Fsp3) is 0.538. The maximum atomic E-state index is 13.3. The molecule has 0 aromatic heterocycles. The van der Waals surface area contributed by atoms with E-state index >= 15 is 0 Å². The Bertz CT molecular complexity index is 376. The average Bonchev–Trinajstić information content (AvgIpc) is 2.36. The van der Waals surface area contributed by atoms with E-state index in [2.05, 4.69) is 21.2 Å². The zero-order valence-corrected chi connectivity index (χ0v) is 12.1. The molecule has 1 rings (SSSR count). The van der Waals surface area contributed by atoms with Crippen molar-refractivity contribution >= 4 is 15.9 Å². The van der Waals surface area contributed by atoms with Gasteiger partial charge in [-0.3, -0.25) is 0 Å². The summed E-state index contributed by atoms with van der Waals surface area (Å²) < 4.78 is 14.1. The van der Waals surface area contributed by atoms with Crippen molar-refractivity contribution in [3.8, 4) is 0 Å². The van der Waals surface area contributed by atoms with Gasteiger partial charge in [-0.1, -0.05) is 15.9 Å². The molecule has 0 aliphatic heterocycles. The number of rotatable bonds is 7. The van der Waals surface area contributed by atoms with E-state index in [1.807, 2.05) is 6.92 Å². The Morgan fingerprint density at radius 3 is 2.83 bits per heavy atom. The lowest BCUT2D eigenvalue weighted by molar-refractivity contribution is 0.274. The van der Waals surface area contributed by atoms with Crippen molar-refractivity contribution in [2.75, 3.05) is 13.2 Å². The van der Waals surface area contributed by atoms with E-state index in [1.54, 1.807) is 6.07 Å². The summed E-state index contributed by atoms with van der Waals surface area (Å²) in [4.78, 5) is 0. The zero-order valence-electron chi connectivity index (χ0n) is 10.5. The number of hydrogen-bond donors (Lipinski definition) is 3. The lowest BCUT2D eigenvalue weighted by atomic mass is 10.0. The first-order chi connectivity index (χ1) is 8.58. The van der Waals surface area contributed by atoms with E-state index in [0.717, 1.165) is 22.9 Å². The molecule has 0 heterocycles. The van der Waals surface area contributed by atoms with Crippen molar-refractivity contribution in [2.45, 2.75) is 31.8 Å². The van der Waals surface area contributed by atoms with Gasteiger partial charge < -0.3 is 16.2 Å². The van der Waals surface area contributed by atoms with E-state index in [4.69, 9.17) is 10.8 Å². The van der Waals surface area contributed by atoms with Gasteiger partial charge in [-0.2, -0.15) is 0 Å². The van der Waals surface area contributed by atoms with Crippen LogP contribution in [0.4, 0.5) is 4.39 Å². The fourth-order valence-corrected chi connectivity index (χ4v) is 2.41. The van der Waals surface area contributed by atoms with Crippen LogP contribution in [-0.4, -0.2) is 24.3 Å². The molecule has 0 saturated carbocycles. The lowest BCUT2D eigenvalue weighted by Gasteiger charge is -2.23. The summed E-state index contributed by atoms with van der Waals surface area (Å²) in [6.07, 6.45) is 1.61. The first kappa shape index (κ1) is 15.6. The average molecular weight is 319 g/mol. The molecular weight excluding hydrogens is 299 g/mol. The number of aliphatic hydroxyl groups excluding tert-OH is 1. The summed E-state index contributed by atoms with van der Waals surface area (Å²) in [6, 6.07) is 4.72. The van der Waals surface area contributed by atoms with Crippen LogP contribution in [0, 0.1) is 5.82 Å². The van der Waals surface area contributed by atoms with Crippen LogP contribution in [0.15, 0.2) is 22.7 Å². The monoisotopic (exact) mass is 318 g/mol. The highest BCUT2D eigenvalue weighted by Gasteiger charge is 2.16. The molecular formula is C13H20BrFN2O. The van der Waals surface area contributed by atoms with E-state index < -0.39 is 0 Å². The number of benzene rings is 1. The van der Waals surface area contributed by atoms with Gasteiger partial charge in [0.2, 0.25) is 0 Å². The van der Waals surface area contributed by atoms with Crippen molar-refractivity contribution in [3.63, 3.8) is 0 Å². The van der Waals surface area contributed by atoms with Gasteiger partial charge in [0.05, 0.1) is 0 Å². The Morgan fingerprint density at radius 2 is 2.22 bits per heavy atom. The molecule has 3 nitrogen and oxygen atoms in total. The van der Waals surface area contributed by atoms with Crippen molar-refractivity contribution in [3.05, 3.63) is 34.1 Å². The predicted octanol–water partition coefficient (Wildman–Crippen LogP) is 2.34. The van der Waals surface area contributed by atoms with Gasteiger partial charge in [0.15, 0.2) is 0 Å². The van der Waals surface area contributed by atoms with Crippen LogP contribution in [0.25, 0.3) is 0 Å². The number of halogens is 2. The first-order valence-corrected chi connectivity index (χ1v) is 6.89. The summed E-state index contributed by atoms with van der Waals surface area (Å²) in [5.74, 6) is -0.267. The molecule has 18 heavy (non-hydrogen) atoms. The van der Waals surface area contributed by atoms with Crippen molar-refractivity contribution < 1.29 is 9.50 Å². The third-order valence-electron chi connectivity index (χ3n) is 2.85. The molecule has 0 fully saturated rings. The van der Waals surface area contributed by atoms with Crippen LogP contribution in [0.1, 0.15) is 31.4 Å². The minimum absolute atomic E-state index is 0.0937. The molecule has 1 aromatic carbocycles. The topological polar surface area (TPSA) is 58.3 Å². The predicted molar refractivity (Wildman–Crippen MR) is 74.8 cm³/mol. The van der Waals surface area contributed by atoms with Crippen LogP contribution in [0.3, 0.4) is 0 Å². The molecule has 102 valence electrons. The molecule has 5 heteroatoms. The number of nitrogens with one attached hydrogen (secondary N) is 1. The molecule has 1 aromatic rings. The second-order valence-electron chi connectivity index (χ2n) is 4.39. The third-order valence-corrected chi connectivity index (χ3v) is 3.57. The number of hydrogen-bond acceptors (Lipinski definition) is 3. The summed E-state index contributed by atoms with van der Waals surface area (Å²) >= 11 is 3.41. The van der Waals surface area contributed by atoms with E-state index in [-0.39, 0.29) is 24.5 Å². The highest BCUT2D eigenvalue weighted by Crippen LogP contribution is 2.24. The summed E-state index contributed by atoms with van der Waals surface area (Å²) in [7, 11) is 0. The largest absolute Gasteiger partial charge is 0.396 e. The maximum Gasteiger partial charge on any atom is 0.123 e. The summed E-state index contributed by atoms with van der Waals surface area (Å²) in [6.45, 7) is 2.61. The normalized spacial score (nSPS) is 14.5. The van der Waals surface area contributed by atoms with Crippen LogP contribution in [-0.2, 0) is 0 Å². The first-order valence-electron chi connectivity index (χ1n) is 6.10.